The lowest BCUT2D eigenvalue weighted by Gasteiger charge is -2.45. The third-order valence-electron chi connectivity index (χ3n) is 8.19. The zero-order valence-electron chi connectivity index (χ0n) is 17.3. The van der Waals surface area contributed by atoms with Gasteiger partial charge in [0.2, 0.25) is 0 Å². The lowest BCUT2D eigenvalue weighted by molar-refractivity contribution is 0.0717. The van der Waals surface area contributed by atoms with E-state index in [1.807, 2.05) is 13.0 Å². The fraction of sp³-hybridized carbons (Fsp3) is 0.692. The Hall–Kier alpha value is -1.11. The molecule has 0 heterocycles. The van der Waals surface area contributed by atoms with E-state index in [9.17, 15) is 4.39 Å². The van der Waals surface area contributed by atoms with E-state index < -0.39 is 0 Å². The third-order valence-corrected chi connectivity index (χ3v) is 8.19. The highest BCUT2D eigenvalue weighted by Gasteiger charge is 2.38. The van der Waals surface area contributed by atoms with E-state index in [-0.39, 0.29) is 5.82 Å². The normalized spacial score (nSPS) is 37.3. The predicted octanol–water partition coefficient (Wildman–Crippen LogP) is 7.82. The average Bonchev–Trinajstić information content (AvgIpc) is 2.68. The van der Waals surface area contributed by atoms with Gasteiger partial charge in [0.15, 0.2) is 0 Å². The number of fused-ring (bicyclic) bond motifs is 1. The first kappa shape index (κ1) is 19.2. The number of rotatable bonds is 3. The van der Waals surface area contributed by atoms with E-state index >= 15 is 0 Å². The molecule has 4 atom stereocenters. The zero-order chi connectivity index (χ0) is 18.8. The molecule has 0 N–H and O–H groups in total. The van der Waals surface area contributed by atoms with Crippen molar-refractivity contribution < 1.29 is 4.39 Å². The molecule has 0 nitrogen and oxygen atoms in total. The number of benzene rings is 1. The molecule has 3 fully saturated rings. The van der Waals surface area contributed by atoms with Crippen LogP contribution < -0.4 is 0 Å². The van der Waals surface area contributed by atoms with Crippen molar-refractivity contribution in [2.75, 3.05) is 0 Å². The molecule has 3 aliphatic carbocycles. The highest BCUT2D eigenvalue weighted by molar-refractivity contribution is 5.26. The van der Waals surface area contributed by atoms with Crippen molar-refractivity contribution in [1.82, 2.24) is 0 Å². The minimum Gasteiger partial charge on any atom is -0.207 e. The summed E-state index contributed by atoms with van der Waals surface area (Å²) in [4.78, 5) is 0. The average molecular weight is 369 g/mol. The van der Waals surface area contributed by atoms with E-state index in [1.165, 1.54) is 64.2 Å². The molecule has 0 aliphatic heterocycles. The Morgan fingerprint density at radius 2 is 1.44 bits per heavy atom. The Balaban J connectivity index is 1.30. The van der Waals surface area contributed by atoms with Gasteiger partial charge in [0.25, 0.3) is 0 Å². The maximum Gasteiger partial charge on any atom is 0.126 e. The van der Waals surface area contributed by atoms with E-state index in [4.69, 9.17) is 0 Å². The molecule has 4 rings (SSSR count). The minimum absolute atomic E-state index is 0.0249. The van der Waals surface area contributed by atoms with Gasteiger partial charge >= 0.3 is 0 Å². The SMILES string of the molecule is C/C=C/C1CCC2CC(C3CCC(c4ccc(C)cc4F)CC3)CCC2C1. The van der Waals surface area contributed by atoms with Crippen molar-refractivity contribution in [3.05, 3.63) is 47.3 Å². The Morgan fingerprint density at radius 1 is 0.815 bits per heavy atom. The number of hydrogen-bond donors (Lipinski definition) is 0. The van der Waals surface area contributed by atoms with Gasteiger partial charge in [-0.15, -0.1) is 0 Å². The van der Waals surface area contributed by atoms with Gasteiger partial charge in [-0.05, 0) is 131 Å². The first-order valence-corrected chi connectivity index (χ1v) is 11.5. The molecular formula is C26H37F. The Bertz CT molecular complexity index is 652. The Labute approximate surface area is 165 Å². The molecule has 4 unspecified atom stereocenters. The fourth-order valence-electron chi connectivity index (χ4n) is 6.70. The van der Waals surface area contributed by atoms with Crippen molar-refractivity contribution in [1.29, 1.82) is 0 Å². The highest BCUT2D eigenvalue weighted by Crippen LogP contribution is 2.50. The number of allylic oxidation sites excluding steroid dienone is 2. The second-order valence-corrected chi connectivity index (χ2v) is 9.83. The summed E-state index contributed by atoms with van der Waals surface area (Å²) in [5, 5.41) is 0. The lowest BCUT2D eigenvalue weighted by atomic mass is 9.61. The van der Waals surface area contributed by atoms with Gasteiger partial charge in [-0.25, -0.2) is 4.39 Å². The molecule has 0 bridgehead atoms. The molecule has 0 aromatic heterocycles. The number of halogens is 1. The van der Waals surface area contributed by atoms with Gasteiger partial charge in [-0.2, -0.15) is 0 Å². The fourth-order valence-corrected chi connectivity index (χ4v) is 6.70. The second kappa shape index (κ2) is 8.50. The van der Waals surface area contributed by atoms with Gasteiger partial charge in [0.1, 0.15) is 5.82 Å². The third kappa shape index (κ3) is 4.33. The molecule has 3 aliphatic rings. The molecule has 148 valence electrons. The summed E-state index contributed by atoms with van der Waals surface area (Å²) in [6.45, 7) is 4.15. The van der Waals surface area contributed by atoms with Crippen LogP contribution >= 0.6 is 0 Å². The highest BCUT2D eigenvalue weighted by atomic mass is 19.1. The quantitative estimate of drug-likeness (QED) is 0.477. The molecule has 1 aromatic rings. The molecule has 0 amide bonds. The van der Waals surface area contributed by atoms with Gasteiger partial charge in [0.05, 0.1) is 0 Å². The van der Waals surface area contributed by atoms with Crippen LogP contribution in [0.25, 0.3) is 0 Å². The number of aryl methyl sites for hydroxylation is 1. The topological polar surface area (TPSA) is 0 Å². The molecule has 1 heteroatoms. The summed E-state index contributed by atoms with van der Waals surface area (Å²) in [6, 6.07) is 5.84. The first-order chi connectivity index (χ1) is 13.1. The van der Waals surface area contributed by atoms with E-state index in [0.29, 0.717) is 5.92 Å². The van der Waals surface area contributed by atoms with Crippen LogP contribution in [-0.2, 0) is 0 Å². The van der Waals surface area contributed by atoms with Crippen LogP contribution in [0.5, 0.6) is 0 Å². The summed E-state index contributed by atoms with van der Waals surface area (Å²) in [5.74, 6) is 5.18. The van der Waals surface area contributed by atoms with Crippen molar-refractivity contribution in [2.45, 2.75) is 84.0 Å². The standard InChI is InChI=1S/C26H37F/c1-3-4-19-6-7-24-17-23(13-12-22(24)16-19)20-8-10-21(11-9-20)25-14-5-18(2)15-26(25)27/h3-5,14-15,19-24H,6-13,16-17H2,1-2H3/b4-3+. The predicted molar refractivity (Wildman–Crippen MR) is 112 cm³/mol. The molecule has 0 spiro atoms. The second-order valence-electron chi connectivity index (χ2n) is 9.83. The van der Waals surface area contributed by atoms with Crippen molar-refractivity contribution in [3.8, 4) is 0 Å². The molecular weight excluding hydrogens is 331 g/mol. The maximum atomic E-state index is 14.4. The zero-order valence-corrected chi connectivity index (χ0v) is 17.3. The maximum absolute atomic E-state index is 14.4. The van der Waals surface area contributed by atoms with Crippen molar-refractivity contribution >= 4 is 0 Å². The van der Waals surface area contributed by atoms with Crippen molar-refractivity contribution in [2.24, 2.45) is 29.6 Å². The summed E-state index contributed by atoms with van der Waals surface area (Å²) < 4.78 is 14.4. The van der Waals surface area contributed by atoms with Gasteiger partial charge < -0.3 is 0 Å². The van der Waals surface area contributed by atoms with E-state index in [2.05, 4.69) is 25.1 Å². The van der Waals surface area contributed by atoms with Crippen LogP contribution in [0.3, 0.4) is 0 Å². The van der Waals surface area contributed by atoms with Crippen LogP contribution in [0, 0.1) is 42.3 Å². The smallest absolute Gasteiger partial charge is 0.126 e. The lowest BCUT2D eigenvalue weighted by Crippen LogP contribution is -2.34. The largest absolute Gasteiger partial charge is 0.207 e. The van der Waals surface area contributed by atoms with E-state index in [0.717, 1.165) is 40.7 Å². The summed E-state index contributed by atoms with van der Waals surface area (Å²) in [7, 11) is 0. The molecule has 1 aromatic carbocycles. The minimum atomic E-state index is 0.0249. The summed E-state index contributed by atoms with van der Waals surface area (Å²) >= 11 is 0. The van der Waals surface area contributed by atoms with E-state index in [1.54, 1.807) is 6.07 Å². The summed E-state index contributed by atoms with van der Waals surface area (Å²) in [5.41, 5.74) is 2.01. The molecule has 27 heavy (non-hydrogen) atoms. The van der Waals surface area contributed by atoms with Gasteiger partial charge in [0, 0.05) is 0 Å². The number of hydrogen-bond acceptors (Lipinski definition) is 0. The molecule has 3 saturated carbocycles. The van der Waals surface area contributed by atoms with Crippen molar-refractivity contribution in [3.63, 3.8) is 0 Å². The van der Waals surface area contributed by atoms with Crippen LogP contribution in [0.4, 0.5) is 4.39 Å². The van der Waals surface area contributed by atoms with Crippen LogP contribution in [-0.4, -0.2) is 0 Å². The monoisotopic (exact) mass is 368 g/mol. The van der Waals surface area contributed by atoms with Gasteiger partial charge in [-0.3, -0.25) is 0 Å². The molecule has 0 saturated heterocycles. The Kier molecular flexibility index (Phi) is 6.05. The molecule has 0 radical (unpaired) electrons. The van der Waals surface area contributed by atoms with Crippen LogP contribution in [0.15, 0.2) is 30.4 Å². The summed E-state index contributed by atoms with van der Waals surface area (Å²) in [6.07, 6.45) is 18.5. The first-order valence-electron chi connectivity index (χ1n) is 11.5. The Morgan fingerprint density at radius 3 is 2.15 bits per heavy atom. The van der Waals surface area contributed by atoms with Gasteiger partial charge in [-0.1, -0.05) is 24.3 Å². The van der Waals surface area contributed by atoms with Crippen LogP contribution in [0.1, 0.15) is 88.2 Å². The van der Waals surface area contributed by atoms with Crippen LogP contribution in [0.2, 0.25) is 0 Å².